The lowest BCUT2D eigenvalue weighted by molar-refractivity contribution is -0.142. The standard InChI is InChI=1S/C35H29FN4O6S/c1-3-46-31-14-11-23(18-30(31)36)33-24(20-39(38-33)25-7-5-4-6-8-25)17-28-32(22-9-12-27(45-2)13-10-22)29(19-37)35(42)40(34(28)41)26-15-16-47(43,44)21-26/h4-14,17-18,20,26H,3,15-16,21H2,1-2H3/b28-17-. The first-order valence-corrected chi connectivity index (χ1v) is 16.6. The highest BCUT2D eigenvalue weighted by atomic mass is 32.2. The third kappa shape index (κ3) is 6.05. The number of aromatic nitrogens is 2. The maximum atomic E-state index is 15.1. The van der Waals surface area contributed by atoms with Crippen molar-refractivity contribution >= 4 is 33.3 Å². The van der Waals surface area contributed by atoms with Gasteiger partial charge in [0.15, 0.2) is 21.4 Å². The van der Waals surface area contributed by atoms with Gasteiger partial charge in [-0.3, -0.25) is 14.5 Å². The summed E-state index contributed by atoms with van der Waals surface area (Å²) in [5, 5.41) is 15.1. The summed E-state index contributed by atoms with van der Waals surface area (Å²) < 4.78 is 52.1. The smallest absolute Gasteiger partial charge is 0.272 e. The lowest BCUT2D eigenvalue weighted by Crippen LogP contribution is -2.49. The maximum absolute atomic E-state index is 15.1. The number of rotatable bonds is 8. The zero-order chi connectivity index (χ0) is 33.3. The van der Waals surface area contributed by atoms with E-state index in [1.807, 2.05) is 36.4 Å². The minimum atomic E-state index is -3.49. The SMILES string of the molecule is CCOc1ccc(-c2nn(-c3ccccc3)cc2/C=C2\C(=O)N(C3CCS(=O)(=O)C3)C(=O)C(C#N)=C2c2ccc(OC)cc2)cc1F. The average Bonchev–Trinajstić information content (AvgIpc) is 3.66. The molecule has 1 saturated heterocycles. The van der Waals surface area contributed by atoms with Crippen LogP contribution in [0, 0.1) is 17.1 Å². The Hall–Kier alpha value is -5.54. The van der Waals surface area contributed by atoms with Crippen molar-refractivity contribution < 1.29 is 31.9 Å². The van der Waals surface area contributed by atoms with Gasteiger partial charge in [-0.1, -0.05) is 30.3 Å². The number of nitriles is 1. The number of nitrogens with zero attached hydrogens (tertiary/aromatic N) is 4. The van der Waals surface area contributed by atoms with Gasteiger partial charge in [-0.15, -0.1) is 0 Å². The van der Waals surface area contributed by atoms with E-state index in [1.54, 1.807) is 48.1 Å². The number of carbonyl (C=O) groups excluding carboxylic acids is 2. The first-order valence-electron chi connectivity index (χ1n) is 14.8. The van der Waals surface area contributed by atoms with E-state index >= 15 is 4.39 Å². The molecule has 3 aromatic carbocycles. The van der Waals surface area contributed by atoms with Crippen LogP contribution in [0.15, 0.2) is 90.1 Å². The predicted octanol–water partition coefficient (Wildman–Crippen LogP) is 5.00. The largest absolute Gasteiger partial charge is 0.497 e. The quantitative estimate of drug-likeness (QED) is 0.192. The Morgan fingerprint density at radius 2 is 1.77 bits per heavy atom. The zero-order valence-corrected chi connectivity index (χ0v) is 26.3. The number of ether oxygens (including phenoxy) is 2. The third-order valence-electron chi connectivity index (χ3n) is 8.03. The van der Waals surface area contributed by atoms with Gasteiger partial charge in [0.1, 0.15) is 23.1 Å². The van der Waals surface area contributed by atoms with E-state index in [0.29, 0.717) is 33.8 Å². The van der Waals surface area contributed by atoms with Crippen LogP contribution < -0.4 is 9.47 Å². The molecule has 0 bridgehead atoms. The van der Waals surface area contributed by atoms with Crippen LogP contribution >= 0.6 is 0 Å². The highest BCUT2D eigenvalue weighted by Crippen LogP contribution is 2.39. The number of hydrogen-bond donors (Lipinski definition) is 0. The second-order valence-corrected chi connectivity index (χ2v) is 13.2. The van der Waals surface area contributed by atoms with Crippen molar-refractivity contribution in [2.45, 2.75) is 19.4 Å². The molecule has 10 nitrogen and oxygen atoms in total. The van der Waals surface area contributed by atoms with Crippen LogP contribution in [0.4, 0.5) is 4.39 Å². The van der Waals surface area contributed by atoms with Gasteiger partial charge in [0.05, 0.1) is 42.5 Å². The summed E-state index contributed by atoms with van der Waals surface area (Å²) in [5.74, 6) is -2.19. The summed E-state index contributed by atoms with van der Waals surface area (Å²) in [6.07, 6.45) is 3.24. The second kappa shape index (κ2) is 12.7. The Bertz CT molecular complexity index is 2100. The number of carbonyl (C=O) groups is 2. The van der Waals surface area contributed by atoms with Crippen LogP contribution in [0.5, 0.6) is 11.5 Å². The highest BCUT2D eigenvalue weighted by Gasteiger charge is 2.45. The van der Waals surface area contributed by atoms with Crippen LogP contribution in [-0.4, -0.2) is 66.2 Å². The highest BCUT2D eigenvalue weighted by molar-refractivity contribution is 7.91. The number of sulfone groups is 1. The Balaban J connectivity index is 1.59. The predicted molar refractivity (Wildman–Crippen MR) is 173 cm³/mol. The van der Waals surface area contributed by atoms with Gasteiger partial charge >= 0.3 is 0 Å². The zero-order valence-electron chi connectivity index (χ0n) is 25.5. The average molecular weight is 653 g/mol. The number of methoxy groups -OCH3 is 1. The third-order valence-corrected chi connectivity index (χ3v) is 9.78. The van der Waals surface area contributed by atoms with E-state index < -0.39 is 39.3 Å². The monoisotopic (exact) mass is 652 g/mol. The molecule has 3 heterocycles. The van der Waals surface area contributed by atoms with Gasteiger partial charge in [-0.2, -0.15) is 10.4 Å². The van der Waals surface area contributed by atoms with Crippen molar-refractivity contribution in [3.05, 3.63) is 107 Å². The molecule has 1 aromatic heterocycles. The van der Waals surface area contributed by atoms with Gasteiger partial charge in [-0.25, -0.2) is 17.5 Å². The molecule has 0 radical (unpaired) electrons. The molecule has 0 N–H and O–H groups in total. The maximum Gasteiger partial charge on any atom is 0.272 e. The molecule has 4 aromatic rings. The normalized spacial score (nSPS) is 18.5. The van der Waals surface area contributed by atoms with E-state index in [0.717, 1.165) is 4.90 Å². The fraction of sp³-hybridized carbons (Fsp3) is 0.200. The molecule has 12 heteroatoms. The van der Waals surface area contributed by atoms with Crippen LogP contribution in [0.1, 0.15) is 24.5 Å². The lowest BCUT2D eigenvalue weighted by atomic mass is 9.86. The molecular formula is C35H29FN4O6S. The number of amides is 2. The van der Waals surface area contributed by atoms with E-state index in [9.17, 15) is 23.3 Å². The van der Waals surface area contributed by atoms with Crippen LogP contribution in [0.3, 0.4) is 0 Å². The number of para-hydroxylation sites is 1. The van der Waals surface area contributed by atoms with E-state index in [4.69, 9.17) is 14.6 Å². The fourth-order valence-corrected chi connectivity index (χ4v) is 7.50. The molecule has 1 atom stereocenters. The number of benzene rings is 3. The molecule has 1 fully saturated rings. The van der Waals surface area contributed by atoms with Crippen molar-refractivity contribution in [2.24, 2.45) is 0 Å². The summed E-state index contributed by atoms with van der Waals surface area (Å²) in [6.45, 7) is 2.02. The van der Waals surface area contributed by atoms with Gasteiger partial charge in [-0.05, 0) is 67.4 Å². The number of halogens is 1. The Labute approximate surface area is 270 Å². The van der Waals surface area contributed by atoms with Gasteiger partial charge in [0.2, 0.25) is 0 Å². The molecule has 0 saturated carbocycles. The molecule has 1 unspecified atom stereocenters. The summed E-state index contributed by atoms with van der Waals surface area (Å²) in [6, 6.07) is 21.2. The molecule has 238 valence electrons. The topological polar surface area (TPSA) is 132 Å². The minimum absolute atomic E-state index is 0.0177. The Kier molecular flexibility index (Phi) is 8.49. The van der Waals surface area contributed by atoms with Gasteiger partial charge in [0.25, 0.3) is 11.8 Å². The van der Waals surface area contributed by atoms with Crippen LogP contribution in [-0.2, 0) is 19.4 Å². The van der Waals surface area contributed by atoms with Gasteiger partial charge in [0, 0.05) is 22.9 Å². The molecule has 2 amide bonds. The minimum Gasteiger partial charge on any atom is -0.497 e. The lowest BCUT2D eigenvalue weighted by Gasteiger charge is -2.32. The van der Waals surface area contributed by atoms with Crippen molar-refractivity contribution in [2.75, 3.05) is 25.2 Å². The summed E-state index contributed by atoms with van der Waals surface area (Å²) in [5.41, 5.74) is 1.94. The van der Waals surface area contributed by atoms with E-state index in [2.05, 4.69) is 0 Å². The molecule has 0 spiro atoms. The Morgan fingerprint density at radius 1 is 1.04 bits per heavy atom. The molecular weight excluding hydrogens is 623 g/mol. The van der Waals surface area contributed by atoms with E-state index in [-0.39, 0.29) is 41.2 Å². The van der Waals surface area contributed by atoms with Gasteiger partial charge < -0.3 is 9.47 Å². The van der Waals surface area contributed by atoms with Crippen LogP contribution in [0.25, 0.3) is 28.6 Å². The summed E-state index contributed by atoms with van der Waals surface area (Å²) in [4.78, 5) is 29.0. The molecule has 47 heavy (non-hydrogen) atoms. The molecule has 0 aliphatic carbocycles. The molecule has 2 aliphatic heterocycles. The summed E-state index contributed by atoms with van der Waals surface area (Å²) >= 11 is 0. The fourth-order valence-electron chi connectivity index (χ4n) is 5.80. The first kappa shape index (κ1) is 31.4. The van der Waals surface area contributed by atoms with Crippen molar-refractivity contribution in [1.82, 2.24) is 14.7 Å². The van der Waals surface area contributed by atoms with Crippen LogP contribution in [0.2, 0.25) is 0 Å². The van der Waals surface area contributed by atoms with Crippen molar-refractivity contribution in [3.8, 4) is 34.5 Å². The second-order valence-electron chi connectivity index (χ2n) is 11.0. The summed E-state index contributed by atoms with van der Waals surface area (Å²) in [7, 11) is -1.99. The number of hydrogen-bond acceptors (Lipinski definition) is 8. The molecule has 2 aliphatic rings. The van der Waals surface area contributed by atoms with Crippen molar-refractivity contribution in [3.63, 3.8) is 0 Å². The Morgan fingerprint density at radius 3 is 2.38 bits per heavy atom. The van der Waals surface area contributed by atoms with Crippen molar-refractivity contribution in [1.29, 1.82) is 5.26 Å². The first-order chi connectivity index (χ1) is 22.6. The molecule has 6 rings (SSSR count). The van der Waals surface area contributed by atoms with E-state index in [1.165, 1.54) is 25.3 Å². The number of imide groups is 1.